The van der Waals surface area contributed by atoms with Crippen molar-refractivity contribution in [1.82, 2.24) is 5.32 Å². The summed E-state index contributed by atoms with van der Waals surface area (Å²) >= 11 is -1.68. The molecular weight excluding hydrogens is 535 g/mol. The lowest BCUT2D eigenvalue weighted by atomic mass is 10.0. The number of benzene rings is 1. The minimum atomic E-state index is -1.68. The van der Waals surface area contributed by atoms with Gasteiger partial charge in [0.1, 0.15) is 0 Å². The summed E-state index contributed by atoms with van der Waals surface area (Å²) in [5, 5.41) is 13.2. The Kier molecular flexibility index (Phi) is 16.6. The molecule has 0 heterocycles. The number of non-ortho nitro benzene ring substituents is 1. The highest BCUT2D eigenvalue weighted by molar-refractivity contribution is 14.1. The highest BCUT2D eigenvalue weighted by Crippen LogP contribution is 2.22. The van der Waals surface area contributed by atoms with Crippen LogP contribution < -0.4 is 5.32 Å². The summed E-state index contributed by atoms with van der Waals surface area (Å²) in [4.78, 5) is 34.6. The molecule has 7 nitrogen and oxygen atoms in total. The summed E-state index contributed by atoms with van der Waals surface area (Å²) in [6.45, 7) is 2.25. The maximum absolute atomic E-state index is 12.3. The lowest BCUT2D eigenvalue weighted by molar-refractivity contribution is -0.384. The molecule has 1 aromatic carbocycles. The topological polar surface area (TPSA) is 106 Å². The molecule has 33 heavy (non-hydrogen) atoms. The smallest absolute Gasteiger partial charge is 0.270 e. The monoisotopic (exact) mass is 574 g/mol. The van der Waals surface area contributed by atoms with Gasteiger partial charge in [-0.05, 0) is 12.5 Å². The van der Waals surface area contributed by atoms with Gasteiger partial charge >= 0.3 is 0 Å². The van der Waals surface area contributed by atoms with E-state index in [0.29, 0.717) is 6.42 Å². The van der Waals surface area contributed by atoms with Crippen LogP contribution in [0.5, 0.6) is 0 Å². The van der Waals surface area contributed by atoms with Crippen molar-refractivity contribution in [1.29, 1.82) is 0 Å². The van der Waals surface area contributed by atoms with Crippen molar-refractivity contribution in [3.63, 3.8) is 0 Å². The second kappa shape index (κ2) is 18.7. The number of hydrogen-bond donors (Lipinski definition) is 1. The van der Waals surface area contributed by atoms with Gasteiger partial charge in [-0.2, -0.15) is 0 Å². The van der Waals surface area contributed by atoms with Crippen LogP contribution in [0.15, 0.2) is 18.2 Å². The van der Waals surface area contributed by atoms with Crippen LogP contribution in [0.25, 0.3) is 0 Å². The number of unbranched alkanes of at least 4 members (excludes halogenated alkanes) is 14. The number of rotatable bonds is 19. The molecule has 0 atom stereocenters. The fourth-order valence-corrected chi connectivity index (χ4v) is 4.75. The number of hydrogen-bond acceptors (Lipinski definition) is 5. The van der Waals surface area contributed by atoms with E-state index in [0.717, 1.165) is 18.9 Å². The Labute approximate surface area is 208 Å². The second-order valence-corrected chi connectivity index (χ2v) is 10.2. The number of amides is 2. The molecule has 0 aliphatic carbocycles. The number of nitro benzene ring substituents is 1. The van der Waals surface area contributed by atoms with Crippen LogP contribution in [0.4, 0.5) is 5.69 Å². The average Bonchev–Trinajstić information content (AvgIpc) is 2.81. The molecule has 186 valence electrons. The van der Waals surface area contributed by atoms with E-state index >= 15 is 0 Å². The van der Waals surface area contributed by atoms with E-state index in [1.165, 1.54) is 89.2 Å². The molecule has 0 bridgehead atoms. The van der Waals surface area contributed by atoms with Crippen molar-refractivity contribution in [2.45, 2.75) is 110 Å². The van der Waals surface area contributed by atoms with Gasteiger partial charge in [-0.1, -0.05) is 96.8 Å². The summed E-state index contributed by atoms with van der Waals surface area (Å²) in [7, 11) is 0. The highest BCUT2D eigenvalue weighted by Gasteiger charge is 2.18. The Bertz CT molecular complexity index is 754. The minimum Gasteiger partial charge on any atom is -0.292 e. The maximum atomic E-state index is 12.3. The Hall–Kier alpha value is -1.71. The molecule has 0 unspecified atom stereocenters. The second-order valence-electron chi connectivity index (χ2n) is 8.58. The molecule has 0 aliphatic heterocycles. The zero-order valence-electron chi connectivity index (χ0n) is 19.9. The van der Waals surface area contributed by atoms with E-state index in [4.69, 9.17) is 0 Å². The van der Waals surface area contributed by atoms with E-state index in [9.17, 15) is 22.8 Å². The van der Waals surface area contributed by atoms with Crippen LogP contribution >= 0.6 is 21.2 Å². The molecule has 1 aromatic rings. The SMILES string of the molecule is CCCCCCCCCCCCCCCCCC(=O)NC(=O)c1cc([N+](=O)[O-])ccc1I=O. The summed E-state index contributed by atoms with van der Waals surface area (Å²) in [5.41, 5.74) is -0.326. The van der Waals surface area contributed by atoms with Crippen molar-refractivity contribution in [3.8, 4) is 0 Å². The van der Waals surface area contributed by atoms with Gasteiger partial charge in [-0.15, -0.1) is 0 Å². The van der Waals surface area contributed by atoms with Crippen LogP contribution in [0, 0.1) is 13.7 Å². The Morgan fingerprint density at radius 1 is 0.848 bits per heavy atom. The lowest BCUT2D eigenvalue weighted by Crippen LogP contribution is -2.30. The Morgan fingerprint density at radius 3 is 1.79 bits per heavy atom. The average molecular weight is 575 g/mol. The Morgan fingerprint density at radius 2 is 1.33 bits per heavy atom. The molecule has 0 spiro atoms. The van der Waals surface area contributed by atoms with Gasteiger partial charge in [0.15, 0.2) is 21.2 Å². The number of nitrogens with zero attached hydrogens (tertiary/aromatic N) is 1. The van der Waals surface area contributed by atoms with Crippen molar-refractivity contribution in [2.75, 3.05) is 0 Å². The third-order valence-electron chi connectivity index (χ3n) is 5.75. The van der Waals surface area contributed by atoms with Gasteiger partial charge in [-0.25, -0.2) is 0 Å². The number of carbonyl (C=O) groups is 2. The zero-order valence-corrected chi connectivity index (χ0v) is 22.1. The first-order chi connectivity index (χ1) is 16.0. The predicted octanol–water partition coefficient (Wildman–Crippen LogP) is 7.60. The molecular formula is C25H39IN2O5. The predicted molar refractivity (Wildman–Crippen MR) is 139 cm³/mol. The van der Waals surface area contributed by atoms with Gasteiger partial charge in [0.25, 0.3) is 11.6 Å². The van der Waals surface area contributed by atoms with Gasteiger partial charge in [0.05, 0.1) is 14.1 Å². The van der Waals surface area contributed by atoms with E-state index in [-0.39, 0.29) is 21.2 Å². The lowest BCUT2D eigenvalue weighted by Gasteiger charge is -2.06. The Balaban J connectivity index is 2.08. The summed E-state index contributed by atoms with van der Waals surface area (Å²) in [6.07, 6.45) is 18.8. The van der Waals surface area contributed by atoms with Crippen molar-refractivity contribution < 1.29 is 17.6 Å². The van der Waals surface area contributed by atoms with Gasteiger partial charge in [0, 0.05) is 18.6 Å². The van der Waals surface area contributed by atoms with E-state index < -0.39 is 37.9 Å². The van der Waals surface area contributed by atoms with Gasteiger partial charge in [0.2, 0.25) is 5.91 Å². The highest BCUT2D eigenvalue weighted by atomic mass is 127. The van der Waals surface area contributed by atoms with Crippen LogP contribution in [0.2, 0.25) is 0 Å². The largest absolute Gasteiger partial charge is 0.292 e. The third kappa shape index (κ3) is 13.6. The number of imide groups is 1. The van der Waals surface area contributed by atoms with Crippen LogP contribution in [-0.2, 0) is 7.86 Å². The van der Waals surface area contributed by atoms with Crippen LogP contribution in [-0.4, -0.2) is 16.7 Å². The first kappa shape index (κ1) is 29.3. The number of carbonyl (C=O) groups excluding carboxylic acids is 2. The van der Waals surface area contributed by atoms with Crippen LogP contribution in [0.1, 0.15) is 120 Å². The molecule has 0 aliphatic rings. The number of nitro groups is 1. The molecule has 1 rings (SSSR count). The molecule has 1 N–H and O–H groups in total. The standard InChI is InChI=1S/C25H39IN2O5/c1-2-3-4-5-6-7-8-9-10-11-12-13-14-15-16-17-24(29)27-25(30)22-20-21(28(32)33)18-19-23(22)26-31/h18-20H,2-17H2,1H3,(H,27,29,30). The molecule has 2 amide bonds. The summed E-state index contributed by atoms with van der Waals surface area (Å²) in [6, 6.07) is 3.59. The van der Waals surface area contributed by atoms with Crippen molar-refractivity contribution in [3.05, 3.63) is 37.4 Å². The van der Waals surface area contributed by atoms with Crippen molar-refractivity contribution >= 4 is 38.7 Å². The van der Waals surface area contributed by atoms with Crippen molar-refractivity contribution in [2.24, 2.45) is 0 Å². The molecule has 0 radical (unpaired) electrons. The van der Waals surface area contributed by atoms with Gasteiger partial charge in [-0.3, -0.25) is 28.1 Å². The fourth-order valence-electron chi connectivity index (χ4n) is 3.78. The third-order valence-corrected chi connectivity index (χ3v) is 7.16. The summed E-state index contributed by atoms with van der Waals surface area (Å²) in [5.74, 6) is -1.13. The van der Waals surface area contributed by atoms with E-state index in [1.54, 1.807) is 0 Å². The van der Waals surface area contributed by atoms with E-state index in [2.05, 4.69) is 12.2 Å². The zero-order chi connectivity index (χ0) is 24.3. The number of nitrogens with one attached hydrogen (secondary N) is 1. The maximum Gasteiger partial charge on any atom is 0.270 e. The normalized spacial score (nSPS) is 10.8. The first-order valence-corrected chi connectivity index (χ1v) is 14.3. The molecule has 0 fully saturated rings. The molecule has 0 saturated heterocycles. The minimum absolute atomic E-state index is 0.0585. The molecule has 0 saturated carbocycles. The first-order valence-electron chi connectivity index (χ1n) is 12.4. The van der Waals surface area contributed by atoms with Gasteiger partial charge < -0.3 is 0 Å². The molecule has 8 heteroatoms. The number of halogens is 1. The summed E-state index contributed by atoms with van der Waals surface area (Å²) < 4.78 is 11.6. The fraction of sp³-hybridized carbons (Fsp3) is 0.680. The molecule has 0 aromatic heterocycles. The van der Waals surface area contributed by atoms with E-state index in [1.807, 2.05) is 0 Å². The quantitative estimate of drug-likeness (QED) is 0.0793. The van der Waals surface area contributed by atoms with Crippen LogP contribution in [0.3, 0.4) is 0 Å².